The number of carbonyl (C=O) groups excluding carboxylic acids is 1. The monoisotopic (exact) mass is 429 g/mol. The summed E-state index contributed by atoms with van der Waals surface area (Å²) in [7, 11) is -0.264. The van der Waals surface area contributed by atoms with Crippen LogP contribution in [0.2, 0.25) is 0 Å². The normalized spacial score (nSPS) is 12.9. The molecule has 0 radical (unpaired) electrons. The topological polar surface area (TPSA) is 105 Å². The Morgan fingerprint density at radius 2 is 1.89 bits per heavy atom. The molecule has 3 N–H and O–H groups in total. The number of nitrogens with one attached hydrogen (secondary N) is 3. The first kappa shape index (κ1) is 24.1. The lowest BCUT2D eigenvalue weighted by atomic mass is 10.1. The highest BCUT2D eigenvalue weighted by molar-refractivity contribution is 7.89. The average molecular weight is 430 g/mol. The van der Waals surface area contributed by atoms with Crippen molar-refractivity contribution in [2.75, 3.05) is 12.4 Å². The number of carbonyl (C=O) groups is 1. The fourth-order valence-electron chi connectivity index (χ4n) is 2.68. The molecule has 1 aromatic heterocycles. The van der Waals surface area contributed by atoms with Gasteiger partial charge in [0, 0.05) is 30.0 Å². The number of rotatable bonds is 6. The minimum atomic E-state index is -3.71. The van der Waals surface area contributed by atoms with Gasteiger partial charge in [-0.25, -0.2) is 13.1 Å². The zero-order chi connectivity index (χ0) is 20.4. The van der Waals surface area contributed by atoms with E-state index in [1.165, 1.54) is 6.07 Å². The SMILES string of the molecule is CNC(C(=O)Nc1ccc(C)c(S(=O)(=O)NC(C)(C)C)c1)c1cnn(C)c1.Cl. The fraction of sp³-hybridized carbons (Fsp3) is 0.444. The van der Waals surface area contributed by atoms with Crippen LogP contribution in [0.1, 0.15) is 37.9 Å². The Balaban J connectivity index is 0.00000392. The Bertz CT molecular complexity index is 935. The second-order valence-electron chi connectivity index (χ2n) is 7.49. The first-order valence-corrected chi connectivity index (χ1v) is 10.0. The molecule has 0 aliphatic carbocycles. The molecule has 0 bridgehead atoms. The molecule has 0 saturated carbocycles. The fourth-order valence-corrected chi connectivity index (χ4v) is 4.37. The van der Waals surface area contributed by atoms with Crippen LogP contribution >= 0.6 is 12.4 Å². The van der Waals surface area contributed by atoms with Crippen LogP contribution in [-0.4, -0.2) is 36.7 Å². The Kier molecular flexibility index (Phi) is 7.78. The van der Waals surface area contributed by atoms with Crippen molar-refractivity contribution >= 4 is 34.0 Å². The summed E-state index contributed by atoms with van der Waals surface area (Å²) in [6, 6.07) is 4.22. The number of hydrogen-bond acceptors (Lipinski definition) is 5. The molecule has 1 unspecified atom stereocenters. The van der Waals surface area contributed by atoms with Crippen molar-refractivity contribution in [3.8, 4) is 0 Å². The van der Waals surface area contributed by atoms with Gasteiger partial charge in [-0.3, -0.25) is 9.48 Å². The molecule has 0 spiro atoms. The number of hydrogen-bond donors (Lipinski definition) is 3. The van der Waals surface area contributed by atoms with Crippen LogP contribution < -0.4 is 15.4 Å². The summed E-state index contributed by atoms with van der Waals surface area (Å²) in [5.41, 5.74) is 1.11. The zero-order valence-corrected chi connectivity index (χ0v) is 18.5. The third-order valence-electron chi connectivity index (χ3n) is 3.79. The third kappa shape index (κ3) is 6.03. The standard InChI is InChI=1S/C18H27N5O3S.ClH/c1-12-7-8-14(9-15(12)27(25,26)22-18(2,3)4)21-17(24)16(19-5)13-10-20-23(6)11-13;/h7-11,16,19,22H,1-6H3,(H,21,24);1H. The van der Waals surface area contributed by atoms with Crippen LogP contribution in [0.5, 0.6) is 0 Å². The molecule has 2 rings (SSSR count). The average Bonchev–Trinajstić information content (AvgIpc) is 2.93. The van der Waals surface area contributed by atoms with Gasteiger partial charge >= 0.3 is 0 Å². The van der Waals surface area contributed by atoms with E-state index in [2.05, 4.69) is 20.5 Å². The molecule has 0 aliphatic rings. The summed E-state index contributed by atoms with van der Waals surface area (Å²) in [5.74, 6) is -0.304. The number of nitrogens with zero attached hydrogens (tertiary/aromatic N) is 2. The quantitative estimate of drug-likeness (QED) is 0.652. The summed E-state index contributed by atoms with van der Waals surface area (Å²) in [4.78, 5) is 12.8. The van der Waals surface area contributed by atoms with Crippen molar-refractivity contribution in [3.63, 3.8) is 0 Å². The van der Waals surface area contributed by atoms with Crippen molar-refractivity contribution in [1.29, 1.82) is 0 Å². The van der Waals surface area contributed by atoms with E-state index in [0.717, 1.165) is 0 Å². The summed E-state index contributed by atoms with van der Waals surface area (Å²) in [6.07, 6.45) is 3.36. The van der Waals surface area contributed by atoms with E-state index in [4.69, 9.17) is 0 Å². The number of aromatic nitrogens is 2. The van der Waals surface area contributed by atoms with E-state index in [9.17, 15) is 13.2 Å². The highest BCUT2D eigenvalue weighted by Gasteiger charge is 2.25. The van der Waals surface area contributed by atoms with Gasteiger partial charge < -0.3 is 10.6 Å². The van der Waals surface area contributed by atoms with Gasteiger partial charge in [-0.05, 0) is 52.4 Å². The van der Waals surface area contributed by atoms with Crippen LogP contribution in [-0.2, 0) is 21.9 Å². The maximum atomic E-state index is 12.7. The molecular weight excluding hydrogens is 402 g/mol. The summed E-state index contributed by atoms with van der Waals surface area (Å²) in [6.45, 7) is 7.04. The largest absolute Gasteiger partial charge is 0.324 e. The molecule has 0 saturated heterocycles. The van der Waals surface area contributed by atoms with Crippen molar-refractivity contribution in [1.82, 2.24) is 19.8 Å². The van der Waals surface area contributed by atoms with Gasteiger partial charge in [0.05, 0.1) is 11.1 Å². The van der Waals surface area contributed by atoms with Gasteiger partial charge in [-0.1, -0.05) is 6.07 Å². The van der Waals surface area contributed by atoms with Gasteiger partial charge in [-0.15, -0.1) is 12.4 Å². The van der Waals surface area contributed by atoms with Crippen molar-refractivity contribution in [3.05, 3.63) is 41.7 Å². The lowest BCUT2D eigenvalue weighted by molar-refractivity contribution is -0.118. The predicted molar refractivity (Wildman–Crippen MR) is 112 cm³/mol. The van der Waals surface area contributed by atoms with Crippen LogP contribution in [0.25, 0.3) is 0 Å². The van der Waals surface area contributed by atoms with Crippen LogP contribution in [0, 0.1) is 6.92 Å². The van der Waals surface area contributed by atoms with E-state index in [-0.39, 0.29) is 23.2 Å². The maximum absolute atomic E-state index is 12.7. The second-order valence-corrected chi connectivity index (χ2v) is 9.14. The first-order valence-electron chi connectivity index (χ1n) is 8.54. The number of halogens is 1. The molecule has 0 aliphatic heterocycles. The van der Waals surface area contributed by atoms with Gasteiger partial charge in [0.2, 0.25) is 15.9 Å². The van der Waals surface area contributed by atoms with E-state index in [0.29, 0.717) is 16.8 Å². The lowest BCUT2D eigenvalue weighted by Gasteiger charge is -2.21. The molecule has 10 heteroatoms. The van der Waals surface area contributed by atoms with Gasteiger partial charge in [0.1, 0.15) is 6.04 Å². The molecule has 1 aromatic carbocycles. The van der Waals surface area contributed by atoms with Gasteiger partial charge in [0.25, 0.3) is 0 Å². The highest BCUT2D eigenvalue weighted by Crippen LogP contribution is 2.23. The molecular formula is C18H28ClN5O3S. The minimum Gasteiger partial charge on any atom is -0.324 e. The lowest BCUT2D eigenvalue weighted by Crippen LogP contribution is -2.40. The van der Waals surface area contributed by atoms with Crippen molar-refractivity contribution in [2.45, 2.75) is 44.2 Å². The summed E-state index contributed by atoms with van der Waals surface area (Å²) < 4.78 is 29.6. The molecule has 1 amide bonds. The maximum Gasteiger partial charge on any atom is 0.246 e. The Morgan fingerprint density at radius 3 is 2.39 bits per heavy atom. The molecule has 1 atom stereocenters. The number of amides is 1. The highest BCUT2D eigenvalue weighted by atomic mass is 35.5. The summed E-state index contributed by atoms with van der Waals surface area (Å²) >= 11 is 0. The van der Waals surface area contributed by atoms with E-state index in [1.807, 2.05) is 0 Å². The van der Waals surface area contributed by atoms with Crippen molar-refractivity contribution in [2.24, 2.45) is 7.05 Å². The molecule has 1 heterocycles. The Morgan fingerprint density at radius 1 is 1.25 bits per heavy atom. The second kappa shape index (κ2) is 9.04. The molecule has 8 nitrogen and oxygen atoms in total. The predicted octanol–water partition coefficient (Wildman–Crippen LogP) is 2.13. The zero-order valence-electron chi connectivity index (χ0n) is 16.9. The summed E-state index contributed by atoms with van der Waals surface area (Å²) in [5, 5.41) is 9.79. The molecule has 28 heavy (non-hydrogen) atoms. The number of benzene rings is 1. The van der Waals surface area contributed by atoms with E-state index < -0.39 is 21.6 Å². The van der Waals surface area contributed by atoms with Crippen molar-refractivity contribution < 1.29 is 13.2 Å². The molecule has 2 aromatic rings. The van der Waals surface area contributed by atoms with Crippen LogP contribution in [0.4, 0.5) is 5.69 Å². The smallest absolute Gasteiger partial charge is 0.246 e. The number of anilines is 1. The van der Waals surface area contributed by atoms with Gasteiger partial charge in [0.15, 0.2) is 0 Å². The van der Waals surface area contributed by atoms with Crippen LogP contribution in [0.3, 0.4) is 0 Å². The third-order valence-corrected chi connectivity index (χ3v) is 5.69. The number of likely N-dealkylation sites (N-methyl/N-ethyl adjacent to an activating group) is 1. The van der Waals surface area contributed by atoms with E-state index >= 15 is 0 Å². The molecule has 156 valence electrons. The number of sulfonamides is 1. The number of aryl methyl sites for hydroxylation is 2. The van der Waals surface area contributed by atoms with Crippen LogP contribution in [0.15, 0.2) is 35.5 Å². The van der Waals surface area contributed by atoms with Gasteiger partial charge in [-0.2, -0.15) is 5.10 Å². The minimum absolute atomic E-state index is 0. The molecule has 0 fully saturated rings. The Hall–Kier alpha value is -1.94. The Labute approximate surface area is 172 Å². The van der Waals surface area contributed by atoms with E-state index in [1.54, 1.807) is 71.0 Å². The first-order chi connectivity index (χ1) is 12.4.